The van der Waals surface area contributed by atoms with Crippen LogP contribution in [0.5, 0.6) is 0 Å². The zero-order chi connectivity index (χ0) is 24.2. The Morgan fingerprint density at radius 2 is 1.74 bits per heavy atom. The summed E-state index contributed by atoms with van der Waals surface area (Å²) in [5.74, 6) is 1.33. The van der Waals surface area contributed by atoms with Gasteiger partial charge in [0, 0.05) is 18.5 Å². The molecule has 0 bridgehead atoms. The van der Waals surface area contributed by atoms with E-state index in [-0.39, 0.29) is 17.9 Å². The lowest BCUT2D eigenvalue weighted by Gasteiger charge is -2.36. The van der Waals surface area contributed by atoms with Gasteiger partial charge in [0.25, 0.3) is 5.91 Å². The number of nitrogens with one attached hydrogen (secondary N) is 2. The predicted molar refractivity (Wildman–Crippen MR) is 140 cm³/mol. The molecule has 6 nitrogen and oxygen atoms in total. The minimum atomic E-state index is -0.598. The lowest BCUT2D eigenvalue weighted by Crippen LogP contribution is -2.53. The molecule has 2 amide bonds. The van der Waals surface area contributed by atoms with Gasteiger partial charge in [-0.05, 0) is 53.8 Å². The third kappa shape index (κ3) is 4.95. The molecule has 0 aliphatic carbocycles. The summed E-state index contributed by atoms with van der Waals surface area (Å²) >= 11 is 1.73. The van der Waals surface area contributed by atoms with Crippen molar-refractivity contribution in [1.82, 2.24) is 20.2 Å². The standard InChI is InChI=1S/C28H28N4O2S/c1-35-16-15-24(26-29-22-13-7-8-14-23(22)30-26)31-27(33)25-17-20-11-5-6-12-21(20)18-32(25)28(34)19-9-3-2-4-10-19/h2-14,24-25H,15-18H2,1H3,(H,29,30)(H,31,33). The summed E-state index contributed by atoms with van der Waals surface area (Å²) in [6.07, 6.45) is 3.27. The highest BCUT2D eigenvalue weighted by molar-refractivity contribution is 7.98. The molecule has 2 N–H and O–H groups in total. The molecule has 5 rings (SSSR count). The van der Waals surface area contributed by atoms with E-state index < -0.39 is 6.04 Å². The van der Waals surface area contributed by atoms with Gasteiger partial charge in [0.15, 0.2) is 0 Å². The summed E-state index contributed by atoms with van der Waals surface area (Å²) in [6, 6.07) is 24.2. The van der Waals surface area contributed by atoms with Crippen LogP contribution in [0.25, 0.3) is 11.0 Å². The van der Waals surface area contributed by atoms with Crippen LogP contribution >= 0.6 is 11.8 Å². The second kappa shape index (κ2) is 10.4. The molecule has 1 aliphatic heterocycles. The van der Waals surface area contributed by atoms with Gasteiger partial charge in [-0.3, -0.25) is 9.59 Å². The maximum atomic E-state index is 13.8. The number of benzene rings is 3. The van der Waals surface area contributed by atoms with Crippen molar-refractivity contribution < 1.29 is 9.59 Å². The van der Waals surface area contributed by atoms with Crippen molar-refractivity contribution in [3.05, 3.63) is 101 Å². The van der Waals surface area contributed by atoms with Crippen molar-refractivity contribution in [2.45, 2.75) is 31.5 Å². The number of aromatic nitrogens is 2. The minimum Gasteiger partial charge on any atom is -0.344 e. The number of nitrogens with zero attached hydrogens (tertiary/aromatic N) is 2. The number of carbonyl (C=O) groups excluding carboxylic acids is 2. The largest absolute Gasteiger partial charge is 0.344 e. The van der Waals surface area contributed by atoms with Gasteiger partial charge in [0.1, 0.15) is 11.9 Å². The fraction of sp³-hybridized carbons (Fsp3) is 0.250. The van der Waals surface area contributed by atoms with Crippen molar-refractivity contribution in [2.24, 2.45) is 0 Å². The lowest BCUT2D eigenvalue weighted by molar-refractivity contribution is -0.127. The quantitative estimate of drug-likeness (QED) is 0.397. The minimum absolute atomic E-state index is 0.135. The molecule has 178 valence electrons. The first-order valence-electron chi connectivity index (χ1n) is 11.8. The summed E-state index contributed by atoms with van der Waals surface area (Å²) in [7, 11) is 0. The molecule has 2 atom stereocenters. The van der Waals surface area contributed by atoms with Gasteiger partial charge < -0.3 is 15.2 Å². The number of H-pyrrole nitrogens is 1. The van der Waals surface area contributed by atoms with Crippen LogP contribution in [0.4, 0.5) is 0 Å². The van der Waals surface area contributed by atoms with Gasteiger partial charge in [0.05, 0.1) is 17.1 Å². The first kappa shape index (κ1) is 23.2. The molecule has 0 radical (unpaired) electrons. The van der Waals surface area contributed by atoms with Crippen molar-refractivity contribution >= 4 is 34.6 Å². The number of thioether (sulfide) groups is 1. The zero-order valence-electron chi connectivity index (χ0n) is 19.6. The molecule has 2 unspecified atom stereocenters. The number of fused-ring (bicyclic) bond motifs is 2. The molecule has 7 heteroatoms. The Bertz CT molecular complexity index is 1300. The van der Waals surface area contributed by atoms with Crippen LogP contribution in [0.3, 0.4) is 0 Å². The highest BCUT2D eigenvalue weighted by Crippen LogP contribution is 2.27. The van der Waals surface area contributed by atoms with Crippen LogP contribution < -0.4 is 5.32 Å². The van der Waals surface area contributed by atoms with E-state index in [4.69, 9.17) is 4.98 Å². The van der Waals surface area contributed by atoms with E-state index in [0.717, 1.165) is 40.2 Å². The number of hydrogen-bond acceptors (Lipinski definition) is 4. The molecule has 0 spiro atoms. The van der Waals surface area contributed by atoms with Gasteiger partial charge in [-0.1, -0.05) is 54.6 Å². The maximum absolute atomic E-state index is 13.8. The number of amides is 2. The Morgan fingerprint density at radius 1 is 1.03 bits per heavy atom. The number of carbonyl (C=O) groups is 2. The molecular weight excluding hydrogens is 456 g/mol. The predicted octanol–water partition coefficient (Wildman–Crippen LogP) is 4.74. The van der Waals surface area contributed by atoms with Crippen LogP contribution in [0.15, 0.2) is 78.9 Å². The van der Waals surface area contributed by atoms with Crippen molar-refractivity contribution in [3.8, 4) is 0 Å². The molecule has 3 aromatic carbocycles. The highest BCUT2D eigenvalue weighted by Gasteiger charge is 2.36. The Morgan fingerprint density at radius 3 is 2.51 bits per heavy atom. The summed E-state index contributed by atoms with van der Waals surface area (Å²) in [5, 5.41) is 3.23. The van der Waals surface area contributed by atoms with Crippen LogP contribution in [-0.2, 0) is 17.8 Å². The third-order valence-corrected chi connectivity index (χ3v) is 7.14. The van der Waals surface area contributed by atoms with Gasteiger partial charge in [-0.2, -0.15) is 11.8 Å². The fourth-order valence-electron chi connectivity index (χ4n) is 4.64. The second-order valence-corrected chi connectivity index (χ2v) is 9.76. The van der Waals surface area contributed by atoms with E-state index >= 15 is 0 Å². The Labute approximate surface area is 209 Å². The summed E-state index contributed by atoms with van der Waals surface area (Å²) in [5.41, 5.74) is 4.59. The molecule has 4 aromatic rings. The topological polar surface area (TPSA) is 78.1 Å². The van der Waals surface area contributed by atoms with Crippen LogP contribution in [0.1, 0.15) is 39.8 Å². The van der Waals surface area contributed by atoms with Crippen LogP contribution in [0, 0.1) is 0 Å². The number of hydrogen-bond donors (Lipinski definition) is 2. The van der Waals surface area contributed by atoms with Gasteiger partial charge in [-0.25, -0.2) is 4.98 Å². The molecule has 1 aliphatic rings. The van der Waals surface area contributed by atoms with E-state index in [1.54, 1.807) is 28.8 Å². The van der Waals surface area contributed by atoms with Crippen molar-refractivity contribution in [2.75, 3.05) is 12.0 Å². The summed E-state index contributed by atoms with van der Waals surface area (Å²) < 4.78 is 0. The molecule has 0 saturated heterocycles. The Balaban J connectivity index is 1.44. The number of para-hydroxylation sites is 2. The van der Waals surface area contributed by atoms with Crippen molar-refractivity contribution in [1.29, 1.82) is 0 Å². The van der Waals surface area contributed by atoms with Crippen molar-refractivity contribution in [3.63, 3.8) is 0 Å². The van der Waals surface area contributed by atoms with Crippen LogP contribution in [0.2, 0.25) is 0 Å². The van der Waals surface area contributed by atoms with Gasteiger partial charge >= 0.3 is 0 Å². The van der Waals surface area contributed by atoms with E-state index in [1.165, 1.54) is 0 Å². The average Bonchev–Trinajstić information content (AvgIpc) is 3.34. The number of rotatable bonds is 7. The van der Waals surface area contributed by atoms with E-state index in [1.807, 2.05) is 66.7 Å². The Hall–Kier alpha value is -3.58. The SMILES string of the molecule is CSCCC(NC(=O)C1Cc2ccccc2CN1C(=O)c1ccccc1)c1nc2ccccc2[nH]1. The third-order valence-electron chi connectivity index (χ3n) is 6.50. The van der Waals surface area contributed by atoms with E-state index in [0.29, 0.717) is 18.5 Å². The van der Waals surface area contributed by atoms with Gasteiger partial charge in [0.2, 0.25) is 5.91 Å². The number of aromatic amines is 1. The monoisotopic (exact) mass is 484 g/mol. The first-order valence-corrected chi connectivity index (χ1v) is 13.2. The summed E-state index contributed by atoms with van der Waals surface area (Å²) in [4.78, 5) is 37.1. The second-order valence-electron chi connectivity index (χ2n) is 8.77. The molecule has 1 aromatic heterocycles. The summed E-state index contributed by atoms with van der Waals surface area (Å²) in [6.45, 7) is 0.405. The van der Waals surface area contributed by atoms with E-state index in [9.17, 15) is 9.59 Å². The molecule has 0 fully saturated rings. The average molecular weight is 485 g/mol. The number of imidazole rings is 1. The smallest absolute Gasteiger partial charge is 0.254 e. The van der Waals surface area contributed by atoms with Gasteiger partial charge in [-0.15, -0.1) is 0 Å². The first-order chi connectivity index (χ1) is 17.1. The van der Waals surface area contributed by atoms with E-state index in [2.05, 4.69) is 16.6 Å². The zero-order valence-corrected chi connectivity index (χ0v) is 20.4. The van der Waals surface area contributed by atoms with Crippen LogP contribution in [-0.4, -0.2) is 44.7 Å². The molecule has 0 saturated carbocycles. The maximum Gasteiger partial charge on any atom is 0.254 e. The fourth-order valence-corrected chi connectivity index (χ4v) is 5.11. The Kier molecular flexibility index (Phi) is 6.86. The molecule has 2 heterocycles. The molecular formula is C28H28N4O2S. The molecule has 35 heavy (non-hydrogen) atoms. The normalized spacial score (nSPS) is 16.0. The lowest BCUT2D eigenvalue weighted by atomic mass is 9.92. The highest BCUT2D eigenvalue weighted by atomic mass is 32.2.